The third kappa shape index (κ3) is 7.15. The molecule has 0 bridgehead atoms. The molecule has 0 radical (unpaired) electrons. The van der Waals surface area contributed by atoms with E-state index in [0.717, 1.165) is 12.0 Å². The number of amides is 2. The highest BCUT2D eigenvalue weighted by atomic mass is 35.5. The minimum atomic E-state index is -0.629. The van der Waals surface area contributed by atoms with Crippen LogP contribution >= 0.6 is 11.6 Å². The maximum Gasteiger partial charge on any atom is 0.323 e. The Labute approximate surface area is 241 Å². The van der Waals surface area contributed by atoms with Gasteiger partial charge in [-0.05, 0) is 48.9 Å². The van der Waals surface area contributed by atoms with Crippen LogP contribution in [0, 0.1) is 12.7 Å². The van der Waals surface area contributed by atoms with Gasteiger partial charge in [0.15, 0.2) is 11.5 Å². The number of fused-ring (bicyclic) bond motifs is 1. The van der Waals surface area contributed by atoms with Crippen LogP contribution in [0.5, 0.6) is 23.0 Å². The second-order valence-corrected chi connectivity index (χ2v) is 9.77. The van der Waals surface area contributed by atoms with Gasteiger partial charge >= 0.3 is 6.03 Å². The van der Waals surface area contributed by atoms with Crippen LogP contribution in [0.2, 0.25) is 5.02 Å². The first-order chi connectivity index (χ1) is 19.9. The number of rotatable bonds is 11. The van der Waals surface area contributed by atoms with Gasteiger partial charge in [-0.2, -0.15) is 0 Å². The highest BCUT2D eigenvalue weighted by Gasteiger charge is 2.18. The molecule has 5 rings (SSSR count). The number of nitrogens with one attached hydrogen (secondary N) is 2. The molecule has 1 aliphatic rings. The molecule has 4 aromatic rings. The predicted molar refractivity (Wildman–Crippen MR) is 154 cm³/mol. The number of carbonyl (C=O) groups excluding carboxylic acids is 1. The molecule has 11 heteroatoms. The number of ether oxygens (including phenoxy) is 5. The van der Waals surface area contributed by atoms with Crippen molar-refractivity contribution in [1.29, 1.82) is 0 Å². The fourth-order valence-electron chi connectivity index (χ4n) is 4.09. The highest BCUT2D eigenvalue weighted by molar-refractivity contribution is 6.34. The smallest absolute Gasteiger partial charge is 0.323 e. The van der Waals surface area contributed by atoms with Gasteiger partial charge in [0.25, 0.3) is 0 Å². The maximum absolute atomic E-state index is 14.0. The molecule has 0 spiro atoms. The Bertz CT molecular complexity index is 1550. The van der Waals surface area contributed by atoms with Crippen LogP contribution in [0.4, 0.5) is 20.6 Å². The van der Waals surface area contributed by atoms with E-state index in [1.807, 2.05) is 6.07 Å². The van der Waals surface area contributed by atoms with E-state index in [1.165, 1.54) is 6.07 Å². The first kappa shape index (κ1) is 28.4. The summed E-state index contributed by atoms with van der Waals surface area (Å²) in [4.78, 5) is 16.9. The SMILES string of the molecule is COc1cc2c(Oc3ccc(NC(=O)Nc4cc(C)ccc4F)c(Cl)c3)ccnc2cc1OCCCOC1COC1. The number of nitrogens with zero attached hydrogens (tertiary/aromatic N) is 1. The van der Waals surface area contributed by atoms with Crippen molar-refractivity contribution >= 4 is 39.9 Å². The minimum absolute atomic E-state index is 0.0700. The van der Waals surface area contributed by atoms with E-state index in [-0.39, 0.29) is 16.8 Å². The summed E-state index contributed by atoms with van der Waals surface area (Å²) < 4.78 is 42.4. The average molecular weight is 582 g/mol. The zero-order valence-corrected chi connectivity index (χ0v) is 23.3. The summed E-state index contributed by atoms with van der Waals surface area (Å²) >= 11 is 6.42. The highest BCUT2D eigenvalue weighted by Crippen LogP contribution is 2.38. The van der Waals surface area contributed by atoms with Gasteiger partial charge < -0.3 is 34.3 Å². The van der Waals surface area contributed by atoms with Gasteiger partial charge in [-0.1, -0.05) is 17.7 Å². The first-order valence-electron chi connectivity index (χ1n) is 13.0. The van der Waals surface area contributed by atoms with Gasteiger partial charge in [-0.3, -0.25) is 4.98 Å². The van der Waals surface area contributed by atoms with Crippen LogP contribution < -0.4 is 24.8 Å². The molecule has 0 aliphatic carbocycles. The molecule has 1 aliphatic heterocycles. The van der Waals surface area contributed by atoms with E-state index in [0.29, 0.717) is 66.0 Å². The summed E-state index contributed by atoms with van der Waals surface area (Å²) in [5, 5.41) is 6.06. The Morgan fingerprint density at radius 2 is 1.85 bits per heavy atom. The van der Waals surface area contributed by atoms with Gasteiger partial charge in [-0.25, -0.2) is 9.18 Å². The molecule has 1 saturated heterocycles. The summed E-state index contributed by atoms with van der Waals surface area (Å²) in [5.41, 5.74) is 1.87. The Kier molecular flexibility index (Phi) is 9.03. The number of carbonyl (C=O) groups is 1. The van der Waals surface area contributed by atoms with Crippen LogP contribution in [-0.2, 0) is 9.47 Å². The van der Waals surface area contributed by atoms with E-state index in [1.54, 1.807) is 62.7 Å². The number of pyridine rings is 1. The quantitative estimate of drug-likeness (QED) is 0.185. The van der Waals surface area contributed by atoms with Crippen LogP contribution in [0.15, 0.2) is 60.8 Å². The standard InChI is InChI=1S/C30H29ClFN3O6/c1-18-4-6-23(32)26(12-18)35-30(36)34-24-7-5-19(13-22(24)31)41-27-8-9-33-25-15-29(28(37-2)14-21(25)27)40-11-3-10-39-20-16-38-17-20/h4-9,12-15,20H,3,10-11,16-17H2,1-2H3,(H2,34,35,36). The number of hydrogen-bond acceptors (Lipinski definition) is 7. The summed E-state index contributed by atoms with van der Waals surface area (Å²) in [7, 11) is 1.57. The number of aryl methyl sites for hydroxylation is 1. The fraction of sp³-hybridized carbons (Fsp3) is 0.267. The lowest BCUT2D eigenvalue weighted by Gasteiger charge is -2.25. The number of halogens is 2. The lowest BCUT2D eigenvalue weighted by molar-refractivity contribution is -0.130. The Balaban J connectivity index is 1.24. The number of anilines is 2. The van der Waals surface area contributed by atoms with E-state index in [2.05, 4.69) is 15.6 Å². The number of methoxy groups -OCH3 is 1. The van der Waals surface area contributed by atoms with Crippen molar-refractivity contribution < 1.29 is 32.9 Å². The Morgan fingerprint density at radius 3 is 2.61 bits per heavy atom. The van der Waals surface area contributed by atoms with Crippen molar-refractivity contribution in [2.24, 2.45) is 0 Å². The fourth-order valence-corrected chi connectivity index (χ4v) is 4.31. The van der Waals surface area contributed by atoms with Crippen LogP contribution in [0.3, 0.4) is 0 Å². The zero-order valence-electron chi connectivity index (χ0n) is 22.5. The van der Waals surface area contributed by atoms with Crippen molar-refractivity contribution in [1.82, 2.24) is 4.98 Å². The molecule has 41 heavy (non-hydrogen) atoms. The number of benzene rings is 3. The summed E-state index contributed by atoms with van der Waals surface area (Å²) in [5.74, 6) is 1.54. The minimum Gasteiger partial charge on any atom is -0.493 e. The summed E-state index contributed by atoms with van der Waals surface area (Å²) in [6.45, 7) is 4.15. The first-order valence-corrected chi connectivity index (χ1v) is 13.4. The average Bonchev–Trinajstić information content (AvgIpc) is 2.93. The Morgan fingerprint density at radius 1 is 1.02 bits per heavy atom. The van der Waals surface area contributed by atoms with Crippen LogP contribution in [0.25, 0.3) is 10.9 Å². The maximum atomic E-state index is 14.0. The molecule has 3 aromatic carbocycles. The van der Waals surface area contributed by atoms with Crippen molar-refractivity contribution in [3.8, 4) is 23.0 Å². The van der Waals surface area contributed by atoms with Crippen LogP contribution in [-0.4, -0.2) is 50.7 Å². The van der Waals surface area contributed by atoms with E-state index >= 15 is 0 Å². The van der Waals surface area contributed by atoms with Crippen molar-refractivity contribution in [3.63, 3.8) is 0 Å². The molecule has 2 heterocycles. The van der Waals surface area contributed by atoms with E-state index in [9.17, 15) is 9.18 Å². The second-order valence-electron chi connectivity index (χ2n) is 9.37. The van der Waals surface area contributed by atoms with Crippen molar-refractivity contribution in [2.75, 3.05) is 44.2 Å². The molecule has 214 valence electrons. The number of hydrogen-bond donors (Lipinski definition) is 2. The largest absolute Gasteiger partial charge is 0.493 e. The monoisotopic (exact) mass is 581 g/mol. The molecule has 2 amide bonds. The lowest BCUT2D eigenvalue weighted by Crippen LogP contribution is -2.36. The molecule has 1 aromatic heterocycles. The molecule has 0 saturated carbocycles. The van der Waals surface area contributed by atoms with E-state index < -0.39 is 11.8 Å². The normalized spacial score (nSPS) is 13.0. The van der Waals surface area contributed by atoms with Gasteiger partial charge in [0.1, 0.15) is 23.4 Å². The molecule has 1 fully saturated rings. The van der Waals surface area contributed by atoms with Gasteiger partial charge in [0, 0.05) is 30.1 Å². The van der Waals surface area contributed by atoms with Crippen LogP contribution in [0.1, 0.15) is 12.0 Å². The molecule has 2 N–H and O–H groups in total. The van der Waals surface area contributed by atoms with Gasteiger partial charge in [-0.15, -0.1) is 0 Å². The number of aromatic nitrogens is 1. The topological polar surface area (TPSA) is 100 Å². The molecular formula is C30H29ClFN3O6. The van der Waals surface area contributed by atoms with Gasteiger partial charge in [0.2, 0.25) is 0 Å². The van der Waals surface area contributed by atoms with Crippen molar-refractivity contribution in [2.45, 2.75) is 19.4 Å². The summed E-state index contributed by atoms with van der Waals surface area (Å²) in [6, 6.07) is 14.0. The third-order valence-corrected chi connectivity index (χ3v) is 6.59. The summed E-state index contributed by atoms with van der Waals surface area (Å²) in [6.07, 6.45) is 2.55. The molecule has 9 nitrogen and oxygen atoms in total. The molecular weight excluding hydrogens is 553 g/mol. The molecule has 0 atom stereocenters. The lowest BCUT2D eigenvalue weighted by atomic mass is 10.1. The second kappa shape index (κ2) is 13.0. The third-order valence-electron chi connectivity index (χ3n) is 6.28. The van der Waals surface area contributed by atoms with Crippen molar-refractivity contribution in [3.05, 3.63) is 77.2 Å². The zero-order chi connectivity index (χ0) is 28.8. The molecule has 0 unspecified atom stereocenters. The predicted octanol–water partition coefficient (Wildman–Crippen LogP) is 6.96. The Hall–Kier alpha value is -4.12. The number of urea groups is 1. The van der Waals surface area contributed by atoms with Gasteiger partial charge in [0.05, 0.1) is 55.5 Å². The van der Waals surface area contributed by atoms with E-state index in [4.69, 9.17) is 35.3 Å².